The molecule has 0 spiro atoms. The SMILES string of the molecule is COC1=CCCCC1C1C(C#N)=C(N)OC2CNNC(C)C21. The molecule has 2 aliphatic heterocycles. The van der Waals surface area contributed by atoms with Crippen molar-refractivity contribution in [1.82, 2.24) is 10.9 Å². The highest BCUT2D eigenvalue weighted by Crippen LogP contribution is 2.45. The summed E-state index contributed by atoms with van der Waals surface area (Å²) in [6, 6.07) is 2.49. The van der Waals surface area contributed by atoms with Crippen molar-refractivity contribution in [3.63, 3.8) is 0 Å². The molecule has 0 aromatic rings. The molecule has 5 atom stereocenters. The second-order valence-electron chi connectivity index (χ2n) is 6.31. The zero-order chi connectivity index (χ0) is 15.7. The Morgan fingerprint density at radius 2 is 2.32 bits per heavy atom. The monoisotopic (exact) mass is 304 g/mol. The molecule has 2 heterocycles. The van der Waals surface area contributed by atoms with Crippen LogP contribution in [-0.2, 0) is 9.47 Å². The van der Waals surface area contributed by atoms with E-state index in [1.54, 1.807) is 7.11 Å². The first-order valence-electron chi connectivity index (χ1n) is 7.96. The van der Waals surface area contributed by atoms with Gasteiger partial charge in [-0.2, -0.15) is 5.26 Å². The van der Waals surface area contributed by atoms with Crippen LogP contribution in [0.2, 0.25) is 0 Å². The van der Waals surface area contributed by atoms with Crippen LogP contribution in [0.4, 0.5) is 0 Å². The Morgan fingerprint density at radius 1 is 1.50 bits per heavy atom. The van der Waals surface area contributed by atoms with Crippen molar-refractivity contribution >= 4 is 0 Å². The summed E-state index contributed by atoms with van der Waals surface area (Å²) in [5.41, 5.74) is 13.1. The average Bonchev–Trinajstić information content (AvgIpc) is 2.53. The van der Waals surface area contributed by atoms with Gasteiger partial charge in [0.25, 0.3) is 0 Å². The van der Waals surface area contributed by atoms with Crippen molar-refractivity contribution in [2.45, 2.75) is 38.3 Å². The van der Waals surface area contributed by atoms with Gasteiger partial charge in [-0.3, -0.25) is 10.9 Å². The average molecular weight is 304 g/mol. The first-order valence-corrected chi connectivity index (χ1v) is 7.96. The molecule has 6 nitrogen and oxygen atoms in total. The van der Waals surface area contributed by atoms with Gasteiger partial charge in [-0.15, -0.1) is 0 Å². The molecule has 3 aliphatic rings. The minimum Gasteiger partial charge on any atom is -0.501 e. The Bertz CT molecular complexity index is 537. The third-order valence-corrected chi connectivity index (χ3v) is 5.15. The van der Waals surface area contributed by atoms with Crippen molar-refractivity contribution in [3.8, 4) is 6.07 Å². The molecule has 22 heavy (non-hydrogen) atoms. The second kappa shape index (κ2) is 6.19. The van der Waals surface area contributed by atoms with E-state index < -0.39 is 0 Å². The van der Waals surface area contributed by atoms with Gasteiger partial charge in [0.05, 0.1) is 18.4 Å². The number of nitriles is 1. The van der Waals surface area contributed by atoms with Gasteiger partial charge in [0.15, 0.2) is 5.88 Å². The number of hydrogen-bond acceptors (Lipinski definition) is 6. The van der Waals surface area contributed by atoms with Crippen molar-refractivity contribution in [1.29, 1.82) is 5.26 Å². The Morgan fingerprint density at radius 3 is 3.05 bits per heavy atom. The number of nitrogens with zero attached hydrogens (tertiary/aromatic N) is 1. The highest BCUT2D eigenvalue weighted by molar-refractivity contribution is 5.33. The molecule has 1 aliphatic carbocycles. The summed E-state index contributed by atoms with van der Waals surface area (Å²) < 4.78 is 11.4. The number of nitrogens with two attached hydrogens (primary N) is 1. The number of ether oxygens (including phenoxy) is 2. The fourth-order valence-electron chi connectivity index (χ4n) is 4.19. The first-order chi connectivity index (χ1) is 10.7. The molecule has 120 valence electrons. The molecule has 6 heteroatoms. The normalized spacial score (nSPS) is 38.4. The molecule has 1 saturated heterocycles. The zero-order valence-corrected chi connectivity index (χ0v) is 13.1. The first kappa shape index (κ1) is 15.2. The van der Waals surface area contributed by atoms with Crippen molar-refractivity contribution in [3.05, 3.63) is 23.3 Å². The molecular weight excluding hydrogens is 280 g/mol. The summed E-state index contributed by atoms with van der Waals surface area (Å²) in [4.78, 5) is 0. The van der Waals surface area contributed by atoms with E-state index in [0.29, 0.717) is 12.1 Å². The van der Waals surface area contributed by atoms with E-state index in [-0.39, 0.29) is 35.8 Å². The van der Waals surface area contributed by atoms with Gasteiger partial charge in [0.2, 0.25) is 0 Å². The topological polar surface area (TPSA) is 92.3 Å². The summed E-state index contributed by atoms with van der Waals surface area (Å²) in [6.45, 7) is 2.80. The van der Waals surface area contributed by atoms with E-state index >= 15 is 0 Å². The predicted molar refractivity (Wildman–Crippen MR) is 81.7 cm³/mol. The fourth-order valence-corrected chi connectivity index (χ4v) is 4.19. The maximum atomic E-state index is 9.63. The van der Waals surface area contributed by atoms with Gasteiger partial charge < -0.3 is 15.2 Å². The molecule has 0 aromatic heterocycles. The summed E-state index contributed by atoms with van der Waals surface area (Å²) in [5, 5.41) is 9.63. The lowest BCUT2D eigenvalue weighted by Gasteiger charge is -2.47. The molecule has 0 bridgehead atoms. The van der Waals surface area contributed by atoms with Crippen molar-refractivity contribution in [2.24, 2.45) is 23.5 Å². The quantitative estimate of drug-likeness (QED) is 0.708. The van der Waals surface area contributed by atoms with E-state index in [1.807, 2.05) is 0 Å². The van der Waals surface area contributed by atoms with Gasteiger partial charge >= 0.3 is 0 Å². The Hall–Kier alpha value is -1.71. The maximum Gasteiger partial charge on any atom is 0.198 e. The van der Waals surface area contributed by atoms with E-state index in [2.05, 4.69) is 29.9 Å². The minimum absolute atomic E-state index is 0.0154. The van der Waals surface area contributed by atoms with E-state index in [4.69, 9.17) is 15.2 Å². The Balaban J connectivity index is 2.03. The number of hydrogen-bond donors (Lipinski definition) is 3. The standard InChI is InChI=1S/C16H24N4O2/c1-9-14-13(8-19-20-9)22-16(18)11(7-17)15(14)10-5-3-4-6-12(10)21-2/h6,9-10,13-15,19-20H,3-5,8,18H2,1-2H3. The maximum absolute atomic E-state index is 9.63. The third kappa shape index (κ3) is 2.44. The summed E-state index contributed by atoms with van der Waals surface area (Å²) >= 11 is 0. The van der Waals surface area contributed by atoms with Gasteiger partial charge in [-0.25, -0.2) is 0 Å². The largest absolute Gasteiger partial charge is 0.501 e. The third-order valence-electron chi connectivity index (χ3n) is 5.15. The lowest BCUT2D eigenvalue weighted by molar-refractivity contribution is -0.0371. The highest BCUT2D eigenvalue weighted by Gasteiger charge is 2.48. The van der Waals surface area contributed by atoms with Crippen LogP contribution in [0.1, 0.15) is 26.2 Å². The van der Waals surface area contributed by atoms with E-state index in [1.165, 1.54) is 0 Å². The number of hydrazine groups is 1. The van der Waals surface area contributed by atoms with Gasteiger partial charge in [0.1, 0.15) is 12.2 Å². The molecule has 5 unspecified atom stereocenters. The molecule has 0 amide bonds. The van der Waals surface area contributed by atoms with Crippen molar-refractivity contribution < 1.29 is 9.47 Å². The molecule has 0 saturated carbocycles. The number of methoxy groups -OCH3 is 1. The lowest BCUT2D eigenvalue weighted by Crippen LogP contribution is -2.62. The molecule has 1 fully saturated rings. The molecule has 0 aromatic carbocycles. The van der Waals surface area contributed by atoms with E-state index in [0.717, 1.165) is 25.0 Å². The number of fused-ring (bicyclic) bond motifs is 1. The molecule has 3 rings (SSSR count). The summed E-state index contributed by atoms with van der Waals surface area (Å²) in [6.07, 6.45) is 5.31. The van der Waals surface area contributed by atoms with Gasteiger partial charge in [-0.1, -0.05) is 0 Å². The van der Waals surface area contributed by atoms with E-state index in [9.17, 15) is 5.26 Å². The lowest BCUT2D eigenvalue weighted by atomic mass is 9.67. The summed E-state index contributed by atoms with van der Waals surface area (Å²) in [5.74, 6) is 1.71. The van der Waals surface area contributed by atoms with Gasteiger partial charge in [0, 0.05) is 30.3 Å². The van der Waals surface area contributed by atoms with Crippen LogP contribution in [0.3, 0.4) is 0 Å². The Labute approximate surface area is 131 Å². The van der Waals surface area contributed by atoms with Crippen LogP contribution in [0.25, 0.3) is 0 Å². The zero-order valence-electron chi connectivity index (χ0n) is 13.1. The van der Waals surface area contributed by atoms with Gasteiger partial charge in [-0.05, 0) is 32.3 Å². The minimum atomic E-state index is -0.0154. The highest BCUT2D eigenvalue weighted by atomic mass is 16.5. The molecular formula is C16H24N4O2. The van der Waals surface area contributed by atoms with Crippen LogP contribution in [0, 0.1) is 29.1 Å². The predicted octanol–water partition coefficient (Wildman–Crippen LogP) is 1.14. The second-order valence-corrected chi connectivity index (χ2v) is 6.31. The van der Waals surface area contributed by atoms with Crippen LogP contribution >= 0.6 is 0 Å². The number of nitrogens with one attached hydrogen (secondary N) is 2. The molecule has 4 N–H and O–H groups in total. The van der Waals surface area contributed by atoms with Crippen LogP contribution in [0.15, 0.2) is 23.3 Å². The van der Waals surface area contributed by atoms with Crippen LogP contribution in [0.5, 0.6) is 0 Å². The smallest absolute Gasteiger partial charge is 0.198 e. The Kier molecular flexibility index (Phi) is 4.27. The van der Waals surface area contributed by atoms with Crippen LogP contribution in [-0.4, -0.2) is 25.8 Å². The molecule has 0 radical (unpaired) electrons. The van der Waals surface area contributed by atoms with Crippen LogP contribution < -0.4 is 16.6 Å². The number of allylic oxidation sites excluding steroid dienone is 3. The van der Waals surface area contributed by atoms with Crippen molar-refractivity contribution in [2.75, 3.05) is 13.7 Å². The number of rotatable bonds is 2. The fraction of sp³-hybridized carbons (Fsp3) is 0.688. The summed E-state index contributed by atoms with van der Waals surface area (Å²) in [7, 11) is 1.71.